The number of fused-ring (bicyclic) bond motifs is 1. The minimum atomic E-state index is -3.71. The van der Waals surface area contributed by atoms with Crippen LogP contribution in [0.15, 0.2) is 71.6 Å². The Hall–Kier alpha value is -2.24. The van der Waals surface area contributed by atoms with E-state index in [1.165, 1.54) is 12.1 Å². The van der Waals surface area contributed by atoms with Gasteiger partial charge >= 0.3 is 0 Å². The van der Waals surface area contributed by atoms with E-state index in [9.17, 15) is 12.8 Å². The van der Waals surface area contributed by atoms with Crippen molar-refractivity contribution < 1.29 is 12.8 Å². The molecule has 5 heteroatoms. The molecule has 0 aliphatic rings. The summed E-state index contributed by atoms with van der Waals surface area (Å²) < 4.78 is 40.5. The third kappa shape index (κ3) is 3.25. The van der Waals surface area contributed by atoms with Crippen LogP contribution in [0.2, 0.25) is 0 Å². The van der Waals surface area contributed by atoms with Crippen LogP contribution in [0.4, 0.5) is 4.39 Å². The van der Waals surface area contributed by atoms with Crippen LogP contribution in [0.3, 0.4) is 0 Å². The molecule has 23 heavy (non-hydrogen) atoms. The molecule has 0 aromatic heterocycles. The average Bonchev–Trinajstić information content (AvgIpc) is 2.54. The van der Waals surface area contributed by atoms with E-state index in [1.54, 1.807) is 6.92 Å². The molecule has 3 rings (SSSR count). The van der Waals surface area contributed by atoms with Gasteiger partial charge in [0.05, 0.1) is 4.90 Å². The fraction of sp³-hybridized carbons (Fsp3) is 0.111. The summed E-state index contributed by atoms with van der Waals surface area (Å²) in [6.45, 7) is 1.79. The normalized spacial score (nSPS) is 13.1. The molecule has 0 spiro atoms. The third-order valence-electron chi connectivity index (χ3n) is 3.75. The largest absolute Gasteiger partial charge is 0.241 e. The monoisotopic (exact) mass is 329 g/mol. The van der Waals surface area contributed by atoms with Crippen LogP contribution in [-0.4, -0.2) is 8.42 Å². The quantitative estimate of drug-likeness (QED) is 0.786. The van der Waals surface area contributed by atoms with Gasteiger partial charge in [0, 0.05) is 6.04 Å². The van der Waals surface area contributed by atoms with Crippen LogP contribution < -0.4 is 4.72 Å². The molecule has 0 saturated heterocycles. The Labute approximate surface area is 134 Å². The van der Waals surface area contributed by atoms with Gasteiger partial charge in [-0.1, -0.05) is 42.5 Å². The molecule has 0 heterocycles. The minimum Gasteiger partial charge on any atom is -0.207 e. The highest BCUT2D eigenvalue weighted by atomic mass is 32.2. The van der Waals surface area contributed by atoms with Gasteiger partial charge < -0.3 is 0 Å². The highest BCUT2D eigenvalue weighted by Gasteiger charge is 2.19. The van der Waals surface area contributed by atoms with E-state index in [0.717, 1.165) is 28.5 Å². The predicted molar refractivity (Wildman–Crippen MR) is 89.1 cm³/mol. The SMILES string of the molecule is C[C@H](NS(=O)(=O)c1ccc(F)cc1)c1cccc2ccccc12. The van der Waals surface area contributed by atoms with Crippen molar-refractivity contribution in [2.45, 2.75) is 17.9 Å². The molecule has 0 unspecified atom stereocenters. The first-order valence-electron chi connectivity index (χ1n) is 7.23. The van der Waals surface area contributed by atoms with Crippen molar-refractivity contribution in [3.05, 3.63) is 78.1 Å². The van der Waals surface area contributed by atoms with E-state index in [2.05, 4.69) is 4.72 Å². The lowest BCUT2D eigenvalue weighted by Gasteiger charge is -2.17. The highest BCUT2D eigenvalue weighted by Crippen LogP contribution is 2.25. The zero-order chi connectivity index (χ0) is 16.4. The summed E-state index contributed by atoms with van der Waals surface area (Å²) >= 11 is 0. The summed E-state index contributed by atoms with van der Waals surface area (Å²) in [5.41, 5.74) is 0.897. The standard InChI is InChI=1S/C18H16FNO2S/c1-13(17-8-4-6-14-5-2-3-7-18(14)17)20-23(21,22)16-11-9-15(19)10-12-16/h2-13,20H,1H3/t13-/m0/s1. The topological polar surface area (TPSA) is 46.2 Å². The summed E-state index contributed by atoms with van der Waals surface area (Å²) in [6, 6.07) is 18.0. The lowest BCUT2D eigenvalue weighted by Crippen LogP contribution is -2.27. The lowest BCUT2D eigenvalue weighted by molar-refractivity contribution is 0.567. The molecule has 0 saturated carbocycles. The number of nitrogens with one attached hydrogen (secondary N) is 1. The molecule has 1 atom stereocenters. The third-order valence-corrected chi connectivity index (χ3v) is 5.30. The molecule has 0 aliphatic carbocycles. The molecular formula is C18H16FNO2S. The molecule has 118 valence electrons. The van der Waals surface area contributed by atoms with Crippen LogP contribution in [0.25, 0.3) is 10.8 Å². The number of hydrogen-bond donors (Lipinski definition) is 1. The zero-order valence-electron chi connectivity index (χ0n) is 12.5. The van der Waals surface area contributed by atoms with Crippen molar-refractivity contribution in [3.63, 3.8) is 0 Å². The Balaban J connectivity index is 1.94. The van der Waals surface area contributed by atoms with E-state index in [-0.39, 0.29) is 4.90 Å². The summed E-state index contributed by atoms with van der Waals surface area (Å²) in [5.74, 6) is -0.467. The maximum atomic E-state index is 13.0. The van der Waals surface area contributed by atoms with Crippen molar-refractivity contribution in [1.29, 1.82) is 0 Å². The Bertz CT molecular complexity index is 931. The predicted octanol–water partition coefficient (Wildman–Crippen LogP) is 4.02. The maximum absolute atomic E-state index is 13.0. The molecule has 3 aromatic rings. The fourth-order valence-electron chi connectivity index (χ4n) is 2.61. The average molecular weight is 329 g/mol. The molecule has 3 nitrogen and oxygen atoms in total. The van der Waals surface area contributed by atoms with Crippen LogP contribution in [-0.2, 0) is 10.0 Å². The molecular weight excluding hydrogens is 313 g/mol. The number of hydrogen-bond acceptors (Lipinski definition) is 2. The Kier molecular flexibility index (Phi) is 4.15. The van der Waals surface area contributed by atoms with Crippen LogP contribution in [0, 0.1) is 5.82 Å². The Morgan fingerprint density at radius 2 is 1.57 bits per heavy atom. The summed E-state index contributed by atoms with van der Waals surface area (Å²) in [4.78, 5) is 0.0472. The summed E-state index contributed by atoms with van der Waals surface area (Å²) in [7, 11) is -3.71. The van der Waals surface area contributed by atoms with Crippen molar-refractivity contribution >= 4 is 20.8 Å². The molecule has 3 aromatic carbocycles. The first-order valence-corrected chi connectivity index (χ1v) is 8.71. The van der Waals surface area contributed by atoms with Gasteiger partial charge in [0.2, 0.25) is 10.0 Å². The number of benzene rings is 3. The van der Waals surface area contributed by atoms with E-state index >= 15 is 0 Å². The van der Waals surface area contributed by atoms with E-state index in [4.69, 9.17) is 0 Å². The van der Waals surface area contributed by atoms with E-state index in [0.29, 0.717) is 0 Å². The van der Waals surface area contributed by atoms with E-state index in [1.807, 2.05) is 42.5 Å². The van der Waals surface area contributed by atoms with Crippen molar-refractivity contribution in [2.75, 3.05) is 0 Å². The van der Waals surface area contributed by atoms with Crippen molar-refractivity contribution in [3.8, 4) is 0 Å². The summed E-state index contributed by atoms with van der Waals surface area (Å²) in [6.07, 6.45) is 0. The first kappa shape index (κ1) is 15.6. The molecule has 1 N–H and O–H groups in total. The summed E-state index contributed by atoms with van der Waals surface area (Å²) in [5, 5.41) is 2.06. The van der Waals surface area contributed by atoms with Crippen LogP contribution in [0.1, 0.15) is 18.5 Å². The van der Waals surface area contributed by atoms with Gasteiger partial charge in [0.15, 0.2) is 0 Å². The Morgan fingerprint density at radius 3 is 2.30 bits per heavy atom. The van der Waals surface area contributed by atoms with Gasteiger partial charge in [-0.25, -0.2) is 17.5 Å². The van der Waals surface area contributed by atoms with Gasteiger partial charge in [-0.2, -0.15) is 0 Å². The van der Waals surface area contributed by atoms with Gasteiger partial charge in [-0.05, 0) is 47.5 Å². The van der Waals surface area contributed by atoms with Crippen molar-refractivity contribution in [2.24, 2.45) is 0 Å². The smallest absolute Gasteiger partial charge is 0.207 e. The molecule has 0 bridgehead atoms. The number of sulfonamides is 1. The maximum Gasteiger partial charge on any atom is 0.241 e. The second kappa shape index (κ2) is 6.10. The van der Waals surface area contributed by atoms with Gasteiger partial charge in [0.25, 0.3) is 0 Å². The van der Waals surface area contributed by atoms with Gasteiger partial charge in [-0.15, -0.1) is 0 Å². The second-order valence-corrected chi connectivity index (χ2v) is 7.08. The first-order chi connectivity index (χ1) is 11.0. The van der Waals surface area contributed by atoms with Crippen LogP contribution >= 0.6 is 0 Å². The van der Waals surface area contributed by atoms with Gasteiger partial charge in [0.1, 0.15) is 5.82 Å². The molecule has 0 amide bonds. The fourth-order valence-corrected chi connectivity index (χ4v) is 3.83. The second-order valence-electron chi connectivity index (χ2n) is 5.37. The molecule has 0 fully saturated rings. The molecule has 0 radical (unpaired) electrons. The number of rotatable bonds is 4. The lowest BCUT2D eigenvalue weighted by atomic mass is 10.0. The van der Waals surface area contributed by atoms with E-state index < -0.39 is 21.9 Å². The number of halogens is 1. The molecule has 0 aliphatic heterocycles. The zero-order valence-corrected chi connectivity index (χ0v) is 13.3. The van der Waals surface area contributed by atoms with Crippen molar-refractivity contribution in [1.82, 2.24) is 4.72 Å². The van der Waals surface area contributed by atoms with Gasteiger partial charge in [-0.3, -0.25) is 0 Å². The highest BCUT2D eigenvalue weighted by molar-refractivity contribution is 7.89. The van der Waals surface area contributed by atoms with Crippen LogP contribution in [0.5, 0.6) is 0 Å². The minimum absolute atomic E-state index is 0.0472. The Morgan fingerprint density at radius 1 is 0.913 bits per heavy atom.